The molecule has 1 aromatic heterocycles. The summed E-state index contributed by atoms with van der Waals surface area (Å²) in [5.41, 5.74) is 7.91. The highest BCUT2D eigenvalue weighted by Crippen LogP contribution is 2.22. The minimum atomic E-state index is 0.577. The van der Waals surface area contributed by atoms with E-state index in [1.807, 2.05) is 12.3 Å². The van der Waals surface area contributed by atoms with E-state index in [0.717, 1.165) is 9.99 Å². The van der Waals surface area contributed by atoms with Crippen molar-refractivity contribution in [1.29, 1.82) is 0 Å². The molecule has 0 fully saturated rings. The first-order valence-electron chi connectivity index (χ1n) is 3.77. The normalized spacial score (nSPS) is 10.8. The molecule has 0 aliphatic rings. The van der Waals surface area contributed by atoms with Crippen LogP contribution in [0.3, 0.4) is 0 Å². The number of benzene rings is 1. The zero-order valence-corrected chi connectivity index (χ0v) is 8.06. The highest BCUT2D eigenvalue weighted by atomic mass is 79.9. The Kier molecular flexibility index (Phi) is 1.90. The van der Waals surface area contributed by atoms with Crippen molar-refractivity contribution in [3.8, 4) is 0 Å². The van der Waals surface area contributed by atoms with Gasteiger partial charge in [0, 0.05) is 28.1 Å². The van der Waals surface area contributed by atoms with Gasteiger partial charge in [-0.15, -0.1) is 0 Å². The van der Waals surface area contributed by atoms with Gasteiger partial charge < -0.3 is 10.7 Å². The van der Waals surface area contributed by atoms with Gasteiger partial charge in [0.15, 0.2) is 0 Å². The number of nitrogens with two attached hydrogens (primary N) is 1. The van der Waals surface area contributed by atoms with Crippen LogP contribution in [0.25, 0.3) is 10.9 Å². The van der Waals surface area contributed by atoms with E-state index in [1.54, 1.807) is 0 Å². The van der Waals surface area contributed by atoms with Crippen molar-refractivity contribution in [2.75, 3.05) is 0 Å². The molecule has 2 aromatic rings. The Morgan fingerprint density at radius 2 is 2.25 bits per heavy atom. The lowest BCUT2D eigenvalue weighted by molar-refractivity contribution is 1.08. The van der Waals surface area contributed by atoms with Gasteiger partial charge in [-0.2, -0.15) is 0 Å². The molecule has 0 saturated carbocycles. The summed E-state index contributed by atoms with van der Waals surface area (Å²) in [4.78, 5) is 3.15. The molecule has 2 rings (SSSR count). The van der Waals surface area contributed by atoms with Crippen LogP contribution < -0.4 is 5.73 Å². The van der Waals surface area contributed by atoms with Crippen molar-refractivity contribution in [2.45, 2.75) is 6.54 Å². The van der Waals surface area contributed by atoms with Gasteiger partial charge >= 0.3 is 0 Å². The lowest BCUT2D eigenvalue weighted by atomic mass is 10.1. The van der Waals surface area contributed by atoms with Crippen molar-refractivity contribution >= 4 is 26.8 Å². The number of rotatable bonds is 1. The van der Waals surface area contributed by atoms with Gasteiger partial charge in [0.2, 0.25) is 0 Å². The number of H-pyrrole nitrogens is 1. The van der Waals surface area contributed by atoms with E-state index in [4.69, 9.17) is 5.73 Å². The topological polar surface area (TPSA) is 41.8 Å². The number of aromatic amines is 1. The second-order valence-corrected chi connectivity index (χ2v) is 3.62. The van der Waals surface area contributed by atoms with E-state index in [2.05, 4.69) is 33.0 Å². The average molecular weight is 225 g/mol. The molecule has 0 saturated heterocycles. The summed E-state index contributed by atoms with van der Waals surface area (Å²) < 4.78 is 1.07. The van der Waals surface area contributed by atoms with Crippen LogP contribution in [0.2, 0.25) is 0 Å². The summed E-state index contributed by atoms with van der Waals surface area (Å²) in [7, 11) is 0. The number of aromatic nitrogens is 1. The van der Waals surface area contributed by atoms with E-state index in [1.165, 1.54) is 10.9 Å². The van der Waals surface area contributed by atoms with Gasteiger partial charge in [0.05, 0.1) is 0 Å². The summed E-state index contributed by atoms with van der Waals surface area (Å²) >= 11 is 3.43. The summed E-state index contributed by atoms with van der Waals surface area (Å²) in [6.07, 6.45) is 1.93. The van der Waals surface area contributed by atoms with Crippen LogP contribution in [0.4, 0.5) is 0 Å². The Labute approximate surface area is 78.9 Å². The van der Waals surface area contributed by atoms with E-state index in [-0.39, 0.29) is 0 Å². The summed E-state index contributed by atoms with van der Waals surface area (Å²) in [5, 5.41) is 1.21. The molecule has 0 aliphatic heterocycles. The fourth-order valence-electron chi connectivity index (χ4n) is 1.37. The monoisotopic (exact) mass is 224 g/mol. The molecule has 0 unspecified atom stereocenters. The maximum Gasteiger partial charge on any atom is 0.0468 e. The second-order valence-electron chi connectivity index (χ2n) is 2.71. The second kappa shape index (κ2) is 2.92. The molecule has 3 N–H and O–H groups in total. The Morgan fingerprint density at radius 3 is 3.00 bits per heavy atom. The fraction of sp³-hybridized carbons (Fsp3) is 0.111. The highest BCUT2D eigenvalue weighted by Gasteiger charge is 2.01. The summed E-state index contributed by atoms with van der Waals surface area (Å²) in [6, 6.07) is 6.15. The third-order valence-corrected chi connectivity index (χ3v) is 2.40. The van der Waals surface area contributed by atoms with Gasteiger partial charge in [-0.1, -0.05) is 15.9 Å². The zero-order valence-electron chi connectivity index (χ0n) is 6.47. The number of hydrogen-bond donors (Lipinski definition) is 2. The molecule has 0 spiro atoms. The maximum atomic E-state index is 5.61. The van der Waals surface area contributed by atoms with Crippen LogP contribution >= 0.6 is 15.9 Å². The minimum Gasteiger partial charge on any atom is -0.361 e. The predicted molar refractivity (Wildman–Crippen MR) is 53.9 cm³/mol. The van der Waals surface area contributed by atoms with Crippen molar-refractivity contribution in [2.24, 2.45) is 5.73 Å². The van der Waals surface area contributed by atoms with E-state index >= 15 is 0 Å². The first-order chi connectivity index (χ1) is 5.81. The quantitative estimate of drug-likeness (QED) is 0.768. The third-order valence-electron chi connectivity index (χ3n) is 1.94. The number of hydrogen-bond acceptors (Lipinski definition) is 1. The Balaban J connectivity index is 2.80. The van der Waals surface area contributed by atoms with Gasteiger partial charge in [-0.25, -0.2) is 0 Å². The van der Waals surface area contributed by atoms with Crippen molar-refractivity contribution in [3.05, 3.63) is 34.4 Å². The van der Waals surface area contributed by atoms with Crippen LogP contribution in [0.5, 0.6) is 0 Å². The summed E-state index contributed by atoms with van der Waals surface area (Å²) in [6.45, 7) is 0.577. The highest BCUT2D eigenvalue weighted by molar-refractivity contribution is 9.10. The van der Waals surface area contributed by atoms with Crippen LogP contribution in [0.1, 0.15) is 5.56 Å². The molecule has 12 heavy (non-hydrogen) atoms. The fourth-order valence-corrected chi connectivity index (χ4v) is 1.88. The molecule has 62 valence electrons. The first kappa shape index (κ1) is 7.83. The predicted octanol–water partition coefficient (Wildman–Crippen LogP) is 2.39. The molecule has 0 amide bonds. The molecule has 2 nitrogen and oxygen atoms in total. The minimum absolute atomic E-state index is 0.577. The van der Waals surface area contributed by atoms with Crippen LogP contribution in [-0.4, -0.2) is 4.98 Å². The molecule has 1 heterocycles. The largest absolute Gasteiger partial charge is 0.361 e. The molecule has 0 atom stereocenters. The van der Waals surface area contributed by atoms with Crippen molar-refractivity contribution in [1.82, 2.24) is 4.98 Å². The molecule has 3 heteroatoms. The average Bonchev–Trinajstić information content (AvgIpc) is 2.50. The Hall–Kier alpha value is -0.800. The zero-order chi connectivity index (χ0) is 8.55. The number of fused-ring (bicyclic) bond motifs is 1. The smallest absolute Gasteiger partial charge is 0.0468 e. The van der Waals surface area contributed by atoms with Crippen LogP contribution in [-0.2, 0) is 6.54 Å². The SMILES string of the molecule is NCc1cc(Br)cc2[nH]ccc12. The Bertz CT molecular complexity index is 406. The van der Waals surface area contributed by atoms with E-state index in [9.17, 15) is 0 Å². The van der Waals surface area contributed by atoms with E-state index in [0.29, 0.717) is 6.54 Å². The number of halogens is 1. The van der Waals surface area contributed by atoms with Crippen molar-refractivity contribution in [3.63, 3.8) is 0 Å². The lowest BCUT2D eigenvalue weighted by Crippen LogP contribution is -1.96. The van der Waals surface area contributed by atoms with E-state index < -0.39 is 0 Å². The van der Waals surface area contributed by atoms with Crippen LogP contribution in [0, 0.1) is 0 Å². The molecule has 0 radical (unpaired) electrons. The van der Waals surface area contributed by atoms with Gasteiger partial charge in [-0.3, -0.25) is 0 Å². The molecule has 0 aliphatic carbocycles. The standard InChI is InChI=1S/C9H9BrN2/c10-7-3-6(5-11)8-1-2-12-9(8)4-7/h1-4,12H,5,11H2. The lowest BCUT2D eigenvalue weighted by Gasteiger charge is -2.00. The third kappa shape index (κ3) is 1.15. The van der Waals surface area contributed by atoms with Gasteiger partial charge in [0.1, 0.15) is 0 Å². The molecular formula is C9H9BrN2. The maximum absolute atomic E-state index is 5.61. The number of nitrogens with one attached hydrogen (secondary N) is 1. The summed E-state index contributed by atoms with van der Waals surface area (Å²) in [5.74, 6) is 0. The van der Waals surface area contributed by atoms with Gasteiger partial charge in [0.25, 0.3) is 0 Å². The van der Waals surface area contributed by atoms with Crippen molar-refractivity contribution < 1.29 is 0 Å². The van der Waals surface area contributed by atoms with Gasteiger partial charge in [-0.05, 0) is 23.8 Å². The first-order valence-corrected chi connectivity index (χ1v) is 4.56. The molecule has 1 aromatic carbocycles. The van der Waals surface area contributed by atoms with Crippen LogP contribution in [0.15, 0.2) is 28.9 Å². The molecule has 0 bridgehead atoms. The molecular weight excluding hydrogens is 216 g/mol. The Morgan fingerprint density at radius 1 is 1.42 bits per heavy atom.